The van der Waals surface area contributed by atoms with Gasteiger partial charge in [-0.1, -0.05) is 0 Å². The molecule has 0 amide bonds. The monoisotopic (exact) mass is 306 g/mol. The number of rotatable bonds is 8. The van der Waals surface area contributed by atoms with E-state index >= 15 is 0 Å². The summed E-state index contributed by atoms with van der Waals surface area (Å²) in [7, 11) is -2.22. The van der Waals surface area contributed by atoms with Gasteiger partial charge in [0.1, 0.15) is 0 Å². The lowest BCUT2D eigenvalue weighted by atomic mass is 9.87. The van der Waals surface area contributed by atoms with Gasteiger partial charge in [0, 0.05) is 0 Å². The van der Waals surface area contributed by atoms with E-state index < -0.39 is 56.9 Å². The lowest BCUT2D eigenvalue weighted by Crippen LogP contribution is -2.36. The number of aliphatic carboxylic acids is 3. The highest BCUT2D eigenvalue weighted by Crippen LogP contribution is 2.22. The maximum Gasteiger partial charge on any atom is 0.307 e. The average Bonchev–Trinajstić information content (AvgIpc) is 2.19. The minimum Gasteiger partial charge on any atom is -0.520 e. The van der Waals surface area contributed by atoms with Crippen molar-refractivity contribution in [3.05, 3.63) is 0 Å². The van der Waals surface area contributed by atoms with Crippen LogP contribution in [0.25, 0.3) is 0 Å². The maximum absolute atomic E-state index is 11.6. The van der Waals surface area contributed by atoms with Gasteiger partial charge in [0.25, 0.3) is 5.97 Å². The number of hydrogen-bond donors (Lipinski definition) is 3. The van der Waals surface area contributed by atoms with Crippen molar-refractivity contribution in [3.63, 3.8) is 0 Å². The number of carbonyl (C=O) groups is 4. The Morgan fingerprint density at radius 1 is 0.900 bits per heavy atom. The predicted octanol–water partition coefficient (Wildman–Crippen LogP) is 0.631. The van der Waals surface area contributed by atoms with Crippen LogP contribution in [0, 0.1) is 11.8 Å². The fourth-order valence-corrected chi connectivity index (χ4v) is 2.32. The Morgan fingerprint density at radius 3 is 1.60 bits per heavy atom. The van der Waals surface area contributed by atoms with Crippen LogP contribution >= 0.6 is 0 Å². The summed E-state index contributed by atoms with van der Waals surface area (Å²) in [4.78, 5) is 44.2. The molecule has 0 unspecified atom stereocenters. The molecular formula is C11H18O8Si. The van der Waals surface area contributed by atoms with E-state index in [2.05, 4.69) is 0 Å². The van der Waals surface area contributed by atoms with E-state index in [-0.39, 0.29) is 0 Å². The number of carboxylic acids is 3. The zero-order chi connectivity index (χ0) is 16.1. The van der Waals surface area contributed by atoms with E-state index in [1.807, 2.05) is 0 Å². The van der Waals surface area contributed by atoms with Crippen LogP contribution in [0.15, 0.2) is 0 Å². The molecular weight excluding hydrogens is 288 g/mol. The van der Waals surface area contributed by atoms with Gasteiger partial charge in [0.2, 0.25) is 8.32 Å². The summed E-state index contributed by atoms with van der Waals surface area (Å²) in [6.07, 6.45) is -1.53. The van der Waals surface area contributed by atoms with E-state index in [1.54, 1.807) is 19.6 Å². The van der Waals surface area contributed by atoms with E-state index in [1.165, 1.54) is 0 Å². The molecule has 0 aromatic carbocycles. The summed E-state index contributed by atoms with van der Waals surface area (Å²) in [5.74, 6) is -8.69. The SMILES string of the molecule is C[Si](C)(C)OC(=O)C[C@@H](C(=O)O)[C@H](CC(=O)O)C(=O)O. The Kier molecular flexibility index (Phi) is 6.36. The Bertz CT molecular complexity index is 411. The molecule has 0 saturated carbocycles. The van der Waals surface area contributed by atoms with Crippen LogP contribution in [0.1, 0.15) is 12.8 Å². The van der Waals surface area contributed by atoms with Crippen molar-refractivity contribution in [3.8, 4) is 0 Å². The van der Waals surface area contributed by atoms with Gasteiger partial charge < -0.3 is 19.7 Å². The fourth-order valence-electron chi connectivity index (χ4n) is 1.55. The standard InChI is InChI=1S/C11H18O8Si/c1-20(2,3)19-9(14)5-7(11(17)18)6(10(15)16)4-8(12)13/h6-7H,4-5H2,1-3H3,(H,12,13)(H,15,16)(H,17,18)/t6-,7+/m0/s1. The van der Waals surface area contributed by atoms with Crippen molar-refractivity contribution in [2.75, 3.05) is 0 Å². The molecule has 0 aromatic heterocycles. The van der Waals surface area contributed by atoms with Crippen LogP contribution in [-0.2, 0) is 23.6 Å². The maximum atomic E-state index is 11.6. The molecule has 0 aliphatic carbocycles. The number of carbonyl (C=O) groups excluding carboxylic acids is 1. The minimum absolute atomic E-state index is 0.663. The molecule has 0 saturated heterocycles. The lowest BCUT2D eigenvalue weighted by Gasteiger charge is -2.21. The third kappa shape index (κ3) is 6.88. The summed E-state index contributed by atoms with van der Waals surface area (Å²) in [5.41, 5.74) is 0. The van der Waals surface area contributed by atoms with E-state index in [0.29, 0.717) is 0 Å². The molecule has 20 heavy (non-hydrogen) atoms. The van der Waals surface area contributed by atoms with Crippen molar-refractivity contribution in [2.45, 2.75) is 32.5 Å². The molecule has 0 rings (SSSR count). The lowest BCUT2D eigenvalue weighted by molar-refractivity contribution is -0.159. The second kappa shape index (κ2) is 7.03. The zero-order valence-electron chi connectivity index (χ0n) is 11.5. The molecule has 9 heteroatoms. The van der Waals surface area contributed by atoms with Crippen molar-refractivity contribution in [1.82, 2.24) is 0 Å². The highest BCUT2D eigenvalue weighted by atomic mass is 28.4. The third-order valence-electron chi connectivity index (χ3n) is 2.32. The summed E-state index contributed by atoms with van der Waals surface area (Å²) < 4.78 is 5.05. The molecule has 3 N–H and O–H groups in total. The highest BCUT2D eigenvalue weighted by molar-refractivity contribution is 6.71. The Morgan fingerprint density at radius 2 is 1.30 bits per heavy atom. The normalized spacial score (nSPS) is 14.2. The molecule has 0 bridgehead atoms. The quantitative estimate of drug-likeness (QED) is 0.555. The fraction of sp³-hybridized carbons (Fsp3) is 0.636. The van der Waals surface area contributed by atoms with Crippen LogP contribution in [-0.4, -0.2) is 47.5 Å². The van der Waals surface area contributed by atoms with Crippen molar-refractivity contribution in [2.24, 2.45) is 11.8 Å². The first kappa shape index (κ1) is 18.1. The van der Waals surface area contributed by atoms with Gasteiger partial charge in [0.05, 0.1) is 24.7 Å². The molecule has 8 nitrogen and oxygen atoms in total. The van der Waals surface area contributed by atoms with Gasteiger partial charge in [-0.05, 0) is 19.6 Å². The van der Waals surface area contributed by atoms with Gasteiger partial charge in [-0.15, -0.1) is 0 Å². The zero-order valence-corrected chi connectivity index (χ0v) is 12.5. The van der Waals surface area contributed by atoms with Gasteiger partial charge in [-0.2, -0.15) is 0 Å². The molecule has 0 fully saturated rings. The Labute approximate surface area is 116 Å². The first-order valence-electron chi connectivity index (χ1n) is 5.83. The Balaban J connectivity index is 5.03. The number of carboxylic acid groups (broad SMARTS) is 3. The van der Waals surface area contributed by atoms with Gasteiger partial charge >= 0.3 is 17.9 Å². The second-order valence-corrected chi connectivity index (χ2v) is 9.71. The van der Waals surface area contributed by atoms with Crippen LogP contribution in [0.4, 0.5) is 0 Å². The highest BCUT2D eigenvalue weighted by Gasteiger charge is 2.38. The smallest absolute Gasteiger partial charge is 0.307 e. The molecule has 0 radical (unpaired) electrons. The second-order valence-electron chi connectivity index (χ2n) is 5.28. The molecule has 0 aromatic rings. The molecule has 0 aliphatic rings. The first-order valence-corrected chi connectivity index (χ1v) is 9.24. The molecule has 0 aliphatic heterocycles. The summed E-state index contributed by atoms with van der Waals surface area (Å²) in [5, 5.41) is 26.5. The van der Waals surface area contributed by atoms with Crippen LogP contribution in [0.5, 0.6) is 0 Å². The van der Waals surface area contributed by atoms with Crippen LogP contribution < -0.4 is 0 Å². The van der Waals surface area contributed by atoms with Crippen molar-refractivity contribution >= 4 is 32.2 Å². The van der Waals surface area contributed by atoms with E-state index in [0.717, 1.165) is 0 Å². The Hall–Kier alpha value is -1.90. The van der Waals surface area contributed by atoms with E-state index in [9.17, 15) is 19.2 Å². The molecule has 114 valence electrons. The topological polar surface area (TPSA) is 138 Å². The van der Waals surface area contributed by atoms with E-state index in [4.69, 9.17) is 19.7 Å². The number of hydrogen-bond acceptors (Lipinski definition) is 5. The summed E-state index contributed by atoms with van der Waals surface area (Å²) in [6, 6.07) is 0. The van der Waals surface area contributed by atoms with Crippen LogP contribution in [0.3, 0.4) is 0 Å². The summed E-state index contributed by atoms with van der Waals surface area (Å²) >= 11 is 0. The van der Waals surface area contributed by atoms with Crippen LogP contribution in [0.2, 0.25) is 19.6 Å². The molecule has 0 spiro atoms. The first-order chi connectivity index (χ1) is 8.94. The molecule has 2 atom stereocenters. The van der Waals surface area contributed by atoms with Gasteiger partial charge in [-0.3, -0.25) is 19.2 Å². The largest absolute Gasteiger partial charge is 0.520 e. The minimum atomic E-state index is -2.22. The predicted molar refractivity (Wildman–Crippen MR) is 68.6 cm³/mol. The summed E-state index contributed by atoms with van der Waals surface area (Å²) in [6.45, 7) is 5.14. The third-order valence-corrected chi connectivity index (χ3v) is 3.16. The molecule has 0 heterocycles. The van der Waals surface area contributed by atoms with Gasteiger partial charge in [0.15, 0.2) is 0 Å². The van der Waals surface area contributed by atoms with Crippen molar-refractivity contribution < 1.29 is 38.9 Å². The van der Waals surface area contributed by atoms with Gasteiger partial charge in [-0.25, -0.2) is 0 Å². The van der Waals surface area contributed by atoms with Crippen molar-refractivity contribution in [1.29, 1.82) is 0 Å². The average molecular weight is 306 g/mol.